The molecule has 0 bridgehead atoms. The first-order valence-corrected chi connectivity index (χ1v) is 9.74. The monoisotopic (exact) mass is 402 g/mol. The maximum atomic E-state index is 12.5. The van der Waals surface area contributed by atoms with E-state index in [0.717, 1.165) is 35.3 Å². The van der Waals surface area contributed by atoms with Crippen molar-refractivity contribution in [3.05, 3.63) is 45.3 Å². The number of nitrogens with two attached hydrogens (primary N) is 1. The SMILES string of the molecule is COc1ccc(C)cc1C(=O)O[C@@H](C)C(=O)Nc1sc2c(c1C(N)=O)CCC2. The third-order valence-corrected chi connectivity index (χ3v) is 5.84. The molecule has 7 nitrogen and oxygen atoms in total. The van der Waals surface area contributed by atoms with Crippen molar-refractivity contribution in [3.63, 3.8) is 0 Å². The topological polar surface area (TPSA) is 108 Å². The molecule has 0 fully saturated rings. The molecule has 0 saturated heterocycles. The Labute approximate surface area is 166 Å². The summed E-state index contributed by atoms with van der Waals surface area (Å²) in [5.74, 6) is -1.38. The Balaban J connectivity index is 1.73. The van der Waals surface area contributed by atoms with Crippen LogP contribution in [0.3, 0.4) is 0 Å². The number of nitrogens with one attached hydrogen (secondary N) is 1. The minimum atomic E-state index is -1.06. The first-order chi connectivity index (χ1) is 13.3. The minimum absolute atomic E-state index is 0.245. The molecule has 0 radical (unpaired) electrons. The van der Waals surface area contributed by atoms with Gasteiger partial charge < -0.3 is 20.5 Å². The summed E-state index contributed by atoms with van der Waals surface area (Å²) in [4.78, 5) is 37.9. The highest BCUT2D eigenvalue weighted by atomic mass is 32.1. The van der Waals surface area contributed by atoms with E-state index in [1.54, 1.807) is 12.1 Å². The number of carbonyl (C=O) groups is 3. The molecule has 1 heterocycles. The van der Waals surface area contributed by atoms with Crippen molar-refractivity contribution in [2.45, 2.75) is 39.2 Å². The van der Waals surface area contributed by atoms with E-state index in [-0.39, 0.29) is 5.56 Å². The summed E-state index contributed by atoms with van der Waals surface area (Å²) in [6.45, 7) is 3.31. The van der Waals surface area contributed by atoms with E-state index in [1.165, 1.54) is 25.4 Å². The number of rotatable bonds is 6. The van der Waals surface area contributed by atoms with Crippen LogP contribution < -0.4 is 15.8 Å². The van der Waals surface area contributed by atoms with Crippen LogP contribution in [-0.2, 0) is 22.4 Å². The molecular formula is C20H22N2O5S. The lowest BCUT2D eigenvalue weighted by Gasteiger charge is -2.15. The molecule has 148 valence electrons. The number of hydrogen-bond donors (Lipinski definition) is 2. The molecule has 1 aromatic heterocycles. The summed E-state index contributed by atoms with van der Waals surface area (Å²) in [6, 6.07) is 5.12. The number of hydrogen-bond acceptors (Lipinski definition) is 6. The lowest BCUT2D eigenvalue weighted by Crippen LogP contribution is -2.30. The highest BCUT2D eigenvalue weighted by Crippen LogP contribution is 2.38. The molecule has 0 spiro atoms. The molecule has 0 unspecified atom stereocenters. The number of ether oxygens (including phenoxy) is 2. The fourth-order valence-corrected chi connectivity index (χ4v) is 4.52. The van der Waals surface area contributed by atoms with Crippen LogP contribution in [0.2, 0.25) is 0 Å². The predicted octanol–water partition coefficient (Wildman–Crippen LogP) is 2.84. The van der Waals surface area contributed by atoms with Gasteiger partial charge in [0.1, 0.15) is 16.3 Å². The van der Waals surface area contributed by atoms with E-state index < -0.39 is 23.9 Å². The van der Waals surface area contributed by atoms with E-state index in [1.807, 2.05) is 13.0 Å². The van der Waals surface area contributed by atoms with E-state index in [4.69, 9.17) is 15.2 Å². The highest BCUT2D eigenvalue weighted by Gasteiger charge is 2.28. The van der Waals surface area contributed by atoms with Crippen molar-refractivity contribution < 1.29 is 23.9 Å². The standard InChI is InChI=1S/C20H22N2O5S/c1-10-7-8-14(26-3)13(9-10)20(25)27-11(2)18(24)22-19-16(17(21)23)12-5-4-6-15(12)28-19/h7-9,11H,4-6H2,1-3H3,(H2,21,23)(H,22,24)/t11-/m0/s1. The molecular weight excluding hydrogens is 380 g/mol. The first kappa shape index (κ1) is 19.9. The van der Waals surface area contributed by atoms with Crippen LogP contribution in [0.1, 0.15) is 50.1 Å². The molecule has 1 aliphatic carbocycles. The quantitative estimate of drug-likeness (QED) is 0.723. The smallest absolute Gasteiger partial charge is 0.342 e. The third kappa shape index (κ3) is 3.87. The van der Waals surface area contributed by atoms with Gasteiger partial charge in [-0.1, -0.05) is 11.6 Å². The Hall–Kier alpha value is -2.87. The molecule has 0 saturated carbocycles. The number of fused-ring (bicyclic) bond motifs is 1. The Morgan fingerprint density at radius 1 is 1.25 bits per heavy atom. The van der Waals surface area contributed by atoms with Gasteiger partial charge in [0, 0.05) is 4.88 Å². The number of esters is 1. The van der Waals surface area contributed by atoms with Crippen LogP contribution in [0.15, 0.2) is 18.2 Å². The van der Waals surface area contributed by atoms with Gasteiger partial charge in [-0.3, -0.25) is 9.59 Å². The van der Waals surface area contributed by atoms with Gasteiger partial charge in [0.2, 0.25) is 0 Å². The second kappa shape index (κ2) is 8.02. The molecule has 2 amide bonds. The Bertz CT molecular complexity index is 950. The number of primary amides is 1. The van der Waals surface area contributed by atoms with Crippen molar-refractivity contribution in [1.29, 1.82) is 0 Å². The van der Waals surface area contributed by atoms with Crippen molar-refractivity contribution >= 4 is 34.1 Å². The van der Waals surface area contributed by atoms with Crippen molar-refractivity contribution in [3.8, 4) is 5.75 Å². The molecule has 2 aromatic rings. The average Bonchev–Trinajstić information content (AvgIpc) is 3.21. The summed E-state index contributed by atoms with van der Waals surface area (Å²) >= 11 is 1.35. The Morgan fingerprint density at radius 3 is 2.68 bits per heavy atom. The van der Waals surface area contributed by atoms with Gasteiger partial charge >= 0.3 is 5.97 Å². The number of anilines is 1. The Kier molecular flexibility index (Phi) is 5.69. The summed E-state index contributed by atoms with van der Waals surface area (Å²) in [5.41, 5.74) is 7.90. The van der Waals surface area contributed by atoms with Crippen LogP contribution in [0.4, 0.5) is 5.00 Å². The summed E-state index contributed by atoms with van der Waals surface area (Å²) in [7, 11) is 1.46. The maximum absolute atomic E-state index is 12.5. The average molecular weight is 402 g/mol. The number of methoxy groups -OCH3 is 1. The molecule has 1 aliphatic rings. The maximum Gasteiger partial charge on any atom is 0.342 e. The van der Waals surface area contributed by atoms with Crippen LogP contribution in [-0.4, -0.2) is 31.0 Å². The number of aryl methyl sites for hydroxylation is 2. The molecule has 0 aliphatic heterocycles. The predicted molar refractivity (Wildman–Crippen MR) is 106 cm³/mol. The lowest BCUT2D eigenvalue weighted by atomic mass is 10.1. The molecule has 28 heavy (non-hydrogen) atoms. The van der Waals surface area contributed by atoms with Gasteiger partial charge in [-0.25, -0.2) is 4.79 Å². The zero-order chi connectivity index (χ0) is 20.4. The minimum Gasteiger partial charge on any atom is -0.496 e. The van der Waals surface area contributed by atoms with Gasteiger partial charge in [-0.05, 0) is 50.8 Å². The van der Waals surface area contributed by atoms with E-state index in [2.05, 4.69) is 5.32 Å². The molecule has 8 heteroatoms. The number of amides is 2. The van der Waals surface area contributed by atoms with Gasteiger partial charge in [0.25, 0.3) is 11.8 Å². The second-order valence-corrected chi connectivity index (χ2v) is 7.77. The van der Waals surface area contributed by atoms with Crippen molar-refractivity contribution in [2.24, 2.45) is 5.73 Å². The van der Waals surface area contributed by atoms with Gasteiger partial charge in [-0.15, -0.1) is 11.3 Å². The number of carbonyl (C=O) groups excluding carboxylic acids is 3. The van der Waals surface area contributed by atoms with Crippen molar-refractivity contribution in [1.82, 2.24) is 0 Å². The van der Waals surface area contributed by atoms with E-state index in [9.17, 15) is 14.4 Å². The van der Waals surface area contributed by atoms with Crippen LogP contribution >= 0.6 is 11.3 Å². The zero-order valence-electron chi connectivity index (χ0n) is 16.0. The zero-order valence-corrected chi connectivity index (χ0v) is 16.8. The fraction of sp³-hybridized carbons (Fsp3) is 0.350. The lowest BCUT2D eigenvalue weighted by molar-refractivity contribution is -0.123. The number of thiophene rings is 1. The van der Waals surface area contributed by atoms with Crippen LogP contribution in [0.5, 0.6) is 5.75 Å². The van der Waals surface area contributed by atoms with Crippen LogP contribution in [0, 0.1) is 6.92 Å². The van der Waals surface area contributed by atoms with E-state index in [0.29, 0.717) is 16.3 Å². The Morgan fingerprint density at radius 2 is 2.00 bits per heavy atom. The van der Waals surface area contributed by atoms with Gasteiger partial charge in [0.15, 0.2) is 6.10 Å². The van der Waals surface area contributed by atoms with Gasteiger partial charge in [-0.2, -0.15) is 0 Å². The van der Waals surface area contributed by atoms with Crippen LogP contribution in [0.25, 0.3) is 0 Å². The first-order valence-electron chi connectivity index (χ1n) is 8.92. The van der Waals surface area contributed by atoms with E-state index >= 15 is 0 Å². The molecule has 1 atom stereocenters. The highest BCUT2D eigenvalue weighted by molar-refractivity contribution is 7.17. The number of benzene rings is 1. The third-order valence-electron chi connectivity index (χ3n) is 4.63. The summed E-state index contributed by atoms with van der Waals surface area (Å²) in [5, 5.41) is 3.10. The fourth-order valence-electron chi connectivity index (χ4n) is 3.23. The largest absolute Gasteiger partial charge is 0.496 e. The second-order valence-electron chi connectivity index (χ2n) is 6.67. The van der Waals surface area contributed by atoms with Gasteiger partial charge in [0.05, 0.1) is 12.7 Å². The molecule has 3 rings (SSSR count). The molecule has 1 aromatic carbocycles. The normalized spacial score (nSPS) is 13.5. The summed E-state index contributed by atoms with van der Waals surface area (Å²) < 4.78 is 10.5. The molecule has 3 N–H and O–H groups in total. The summed E-state index contributed by atoms with van der Waals surface area (Å²) in [6.07, 6.45) is 1.56. The van der Waals surface area contributed by atoms with Crippen molar-refractivity contribution in [2.75, 3.05) is 12.4 Å².